The van der Waals surface area contributed by atoms with Crippen molar-refractivity contribution in [2.45, 2.75) is 25.1 Å². The highest BCUT2D eigenvalue weighted by molar-refractivity contribution is 5.15. The number of aromatic nitrogens is 1. The first-order chi connectivity index (χ1) is 6.36. The summed E-state index contributed by atoms with van der Waals surface area (Å²) in [6.07, 6.45) is 4.32. The van der Waals surface area contributed by atoms with E-state index in [0.717, 1.165) is 18.5 Å². The molecule has 0 spiro atoms. The molecule has 2 atom stereocenters. The molecule has 1 aliphatic heterocycles. The van der Waals surface area contributed by atoms with E-state index >= 15 is 0 Å². The van der Waals surface area contributed by atoms with Gasteiger partial charge in [0.1, 0.15) is 0 Å². The topological polar surface area (TPSA) is 24.9 Å². The molecule has 1 saturated heterocycles. The quantitative estimate of drug-likeness (QED) is 0.667. The van der Waals surface area contributed by atoms with E-state index in [4.69, 9.17) is 0 Å². The summed E-state index contributed by atoms with van der Waals surface area (Å²) >= 11 is 0. The molecule has 0 aromatic carbocycles. The maximum atomic E-state index is 13.0. The Labute approximate surface area is 77.2 Å². The summed E-state index contributed by atoms with van der Waals surface area (Å²) < 4.78 is 13.0. The molecule has 1 aromatic rings. The van der Waals surface area contributed by atoms with Gasteiger partial charge in [0, 0.05) is 12.4 Å². The number of pyridine rings is 1. The van der Waals surface area contributed by atoms with Gasteiger partial charge in [-0.3, -0.25) is 10.3 Å². The predicted octanol–water partition coefficient (Wildman–Crippen LogP) is 1.84. The maximum Gasteiger partial charge on any atom is 0.151 e. The Balaban J connectivity index is 2.08. The third kappa shape index (κ3) is 2.04. The van der Waals surface area contributed by atoms with Crippen LogP contribution >= 0.6 is 0 Å². The van der Waals surface area contributed by atoms with Crippen molar-refractivity contribution in [2.75, 3.05) is 6.54 Å². The van der Waals surface area contributed by atoms with Crippen LogP contribution in [0.5, 0.6) is 0 Å². The van der Waals surface area contributed by atoms with Gasteiger partial charge < -0.3 is 0 Å². The SMILES string of the molecule is FC1CC(c2cccnc2)CCN1. The minimum absolute atomic E-state index is 0.338. The Hall–Kier alpha value is -0.960. The van der Waals surface area contributed by atoms with Crippen LogP contribution in [0, 0.1) is 0 Å². The average Bonchev–Trinajstić information content (AvgIpc) is 2.19. The van der Waals surface area contributed by atoms with Crippen molar-refractivity contribution in [2.24, 2.45) is 0 Å². The molecule has 1 fully saturated rings. The molecule has 0 saturated carbocycles. The Morgan fingerprint density at radius 1 is 1.54 bits per heavy atom. The zero-order chi connectivity index (χ0) is 9.10. The largest absolute Gasteiger partial charge is 0.288 e. The number of hydrogen-bond acceptors (Lipinski definition) is 2. The van der Waals surface area contributed by atoms with Crippen molar-refractivity contribution in [3.8, 4) is 0 Å². The number of hydrogen-bond donors (Lipinski definition) is 1. The Kier molecular flexibility index (Phi) is 2.54. The third-order valence-electron chi connectivity index (χ3n) is 2.51. The van der Waals surface area contributed by atoms with Crippen LogP contribution in [0.1, 0.15) is 24.3 Å². The molecule has 3 heteroatoms. The summed E-state index contributed by atoms with van der Waals surface area (Å²) in [6.45, 7) is 0.765. The van der Waals surface area contributed by atoms with Gasteiger partial charge in [-0.1, -0.05) is 6.07 Å². The third-order valence-corrected chi connectivity index (χ3v) is 2.51. The zero-order valence-electron chi connectivity index (χ0n) is 7.41. The van der Waals surface area contributed by atoms with E-state index in [1.165, 1.54) is 0 Å². The molecule has 2 nitrogen and oxygen atoms in total. The van der Waals surface area contributed by atoms with Crippen LogP contribution < -0.4 is 5.32 Å². The molecule has 0 radical (unpaired) electrons. The molecule has 2 unspecified atom stereocenters. The first kappa shape index (κ1) is 8.63. The number of halogens is 1. The number of alkyl halides is 1. The second-order valence-corrected chi connectivity index (χ2v) is 3.43. The van der Waals surface area contributed by atoms with Crippen molar-refractivity contribution in [1.29, 1.82) is 0 Å². The first-order valence-corrected chi connectivity index (χ1v) is 4.63. The van der Waals surface area contributed by atoms with Crippen molar-refractivity contribution in [3.63, 3.8) is 0 Å². The second kappa shape index (κ2) is 3.83. The van der Waals surface area contributed by atoms with E-state index in [0.29, 0.717) is 12.3 Å². The van der Waals surface area contributed by atoms with E-state index in [1.807, 2.05) is 18.3 Å². The van der Waals surface area contributed by atoms with Gasteiger partial charge in [0.25, 0.3) is 0 Å². The van der Waals surface area contributed by atoms with Crippen molar-refractivity contribution >= 4 is 0 Å². The van der Waals surface area contributed by atoms with Gasteiger partial charge in [0.2, 0.25) is 0 Å². The normalized spacial score (nSPS) is 28.7. The molecule has 13 heavy (non-hydrogen) atoms. The number of rotatable bonds is 1. The zero-order valence-corrected chi connectivity index (χ0v) is 7.41. The van der Waals surface area contributed by atoms with Gasteiger partial charge in [0.15, 0.2) is 6.30 Å². The Morgan fingerprint density at radius 3 is 3.15 bits per heavy atom. The molecule has 1 aliphatic rings. The second-order valence-electron chi connectivity index (χ2n) is 3.43. The van der Waals surface area contributed by atoms with Crippen LogP contribution in [0.15, 0.2) is 24.5 Å². The average molecular weight is 180 g/mol. The molecular formula is C10H13FN2. The van der Waals surface area contributed by atoms with Gasteiger partial charge in [0.05, 0.1) is 0 Å². The molecule has 70 valence electrons. The van der Waals surface area contributed by atoms with E-state index in [-0.39, 0.29) is 0 Å². The van der Waals surface area contributed by atoms with Crippen LogP contribution in [0.3, 0.4) is 0 Å². The number of piperidine rings is 1. The highest BCUT2D eigenvalue weighted by Crippen LogP contribution is 2.27. The number of nitrogens with zero attached hydrogens (tertiary/aromatic N) is 1. The fraction of sp³-hybridized carbons (Fsp3) is 0.500. The molecular weight excluding hydrogens is 167 g/mol. The van der Waals surface area contributed by atoms with E-state index < -0.39 is 6.30 Å². The van der Waals surface area contributed by atoms with Crippen molar-refractivity contribution in [3.05, 3.63) is 30.1 Å². The summed E-state index contributed by atoms with van der Waals surface area (Å²) in [5.74, 6) is 0.338. The lowest BCUT2D eigenvalue weighted by Gasteiger charge is -2.25. The minimum Gasteiger partial charge on any atom is -0.288 e. The summed E-state index contributed by atoms with van der Waals surface area (Å²) in [5, 5.41) is 2.79. The van der Waals surface area contributed by atoms with Crippen LogP contribution in [0.25, 0.3) is 0 Å². The monoisotopic (exact) mass is 180 g/mol. The maximum absolute atomic E-state index is 13.0. The molecule has 0 amide bonds. The fourth-order valence-electron chi connectivity index (χ4n) is 1.79. The predicted molar refractivity (Wildman–Crippen MR) is 49.1 cm³/mol. The molecule has 0 bridgehead atoms. The van der Waals surface area contributed by atoms with Gasteiger partial charge >= 0.3 is 0 Å². The van der Waals surface area contributed by atoms with Crippen LogP contribution in [0.2, 0.25) is 0 Å². The van der Waals surface area contributed by atoms with Gasteiger partial charge in [-0.25, -0.2) is 4.39 Å². The van der Waals surface area contributed by atoms with Crippen LogP contribution in [-0.4, -0.2) is 17.8 Å². The fourth-order valence-corrected chi connectivity index (χ4v) is 1.79. The lowest BCUT2D eigenvalue weighted by molar-refractivity contribution is 0.206. The summed E-state index contributed by atoms with van der Waals surface area (Å²) in [6, 6.07) is 3.93. The molecule has 1 aromatic heterocycles. The molecule has 0 aliphatic carbocycles. The standard InChI is InChI=1S/C10H13FN2/c11-10-6-8(3-5-13-10)9-2-1-4-12-7-9/h1-2,4,7-8,10,13H,3,5-6H2. The first-order valence-electron chi connectivity index (χ1n) is 4.63. The number of nitrogens with one attached hydrogen (secondary N) is 1. The van der Waals surface area contributed by atoms with E-state index in [2.05, 4.69) is 10.3 Å². The van der Waals surface area contributed by atoms with Crippen LogP contribution in [-0.2, 0) is 0 Å². The summed E-state index contributed by atoms with van der Waals surface area (Å²) in [4.78, 5) is 4.04. The van der Waals surface area contributed by atoms with Gasteiger partial charge in [-0.2, -0.15) is 0 Å². The van der Waals surface area contributed by atoms with Gasteiger partial charge in [-0.15, -0.1) is 0 Å². The smallest absolute Gasteiger partial charge is 0.151 e. The summed E-state index contributed by atoms with van der Waals surface area (Å²) in [7, 11) is 0. The highest BCUT2D eigenvalue weighted by Gasteiger charge is 2.21. The Bertz CT molecular complexity index is 263. The molecule has 1 N–H and O–H groups in total. The van der Waals surface area contributed by atoms with E-state index in [9.17, 15) is 4.39 Å². The summed E-state index contributed by atoms with van der Waals surface area (Å²) in [5.41, 5.74) is 1.16. The lowest BCUT2D eigenvalue weighted by atomic mass is 9.91. The molecule has 2 rings (SSSR count). The van der Waals surface area contributed by atoms with Crippen LogP contribution in [0.4, 0.5) is 4.39 Å². The highest BCUT2D eigenvalue weighted by atomic mass is 19.1. The van der Waals surface area contributed by atoms with Crippen molar-refractivity contribution in [1.82, 2.24) is 10.3 Å². The van der Waals surface area contributed by atoms with Crippen molar-refractivity contribution < 1.29 is 4.39 Å². The van der Waals surface area contributed by atoms with Gasteiger partial charge in [-0.05, 0) is 36.9 Å². The molecule has 2 heterocycles. The lowest BCUT2D eigenvalue weighted by Crippen LogP contribution is -2.33. The minimum atomic E-state index is -0.848. The van der Waals surface area contributed by atoms with E-state index in [1.54, 1.807) is 6.20 Å². The Morgan fingerprint density at radius 2 is 2.46 bits per heavy atom.